The molecule has 1 aliphatic heterocycles. The lowest BCUT2D eigenvalue weighted by Gasteiger charge is -2.11. The maximum Gasteiger partial charge on any atom is 0.273 e. The van der Waals surface area contributed by atoms with Gasteiger partial charge in [0.2, 0.25) is 0 Å². The summed E-state index contributed by atoms with van der Waals surface area (Å²) in [7, 11) is 1.42. The van der Waals surface area contributed by atoms with Gasteiger partial charge in [-0.15, -0.1) is 0 Å². The average molecular weight is 359 g/mol. The van der Waals surface area contributed by atoms with Crippen LogP contribution < -0.4 is 18.9 Å². The summed E-state index contributed by atoms with van der Waals surface area (Å²) in [5.74, 6) is 1.25. The van der Waals surface area contributed by atoms with E-state index in [0.717, 1.165) is 6.42 Å². The first kappa shape index (κ1) is 17.5. The lowest BCUT2D eigenvalue weighted by Crippen LogP contribution is -2.12. The molecule has 0 aromatic heterocycles. The monoisotopic (exact) mass is 359 g/mol. The molecule has 1 aliphatic rings. The third-order valence-electron chi connectivity index (χ3n) is 3.79. The number of hydrogen-bond acceptors (Lipinski definition) is 7. The Morgan fingerprint density at radius 2 is 1.88 bits per heavy atom. The topological polar surface area (TPSA) is 97.1 Å². The molecule has 0 unspecified atom stereocenters. The summed E-state index contributed by atoms with van der Waals surface area (Å²) < 4.78 is 21.7. The molecule has 0 amide bonds. The van der Waals surface area contributed by atoms with Gasteiger partial charge < -0.3 is 18.9 Å². The number of nitrogens with zero attached hydrogens (tertiary/aromatic N) is 1. The first-order valence-electron chi connectivity index (χ1n) is 7.96. The average Bonchev–Trinajstić information content (AvgIpc) is 2.90. The summed E-state index contributed by atoms with van der Waals surface area (Å²) >= 11 is 0. The zero-order valence-corrected chi connectivity index (χ0v) is 14.1. The molecule has 0 spiro atoms. The highest BCUT2D eigenvalue weighted by molar-refractivity contribution is 5.97. The standard InChI is InChI=1S/C18H17NO7/c1-23-15-6-4-13(19(21)22)10-18(15)26-11-14(20)12-3-5-16-17(9-12)25-8-2-7-24-16/h3-6,9-10H,2,7-8,11H2,1H3. The fourth-order valence-corrected chi connectivity index (χ4v) is 2.46. The molecule has 8 heteroatoms. The third-order valence-corrected chi connectivity index (χ3v) is 3.79. The minimum atomic E-state index is -0.544. The number of nitro groups is 1. The van der Waals surface area contributed by atoms with Gasteiger partial charge in [-0.1, -0.05) is 0 Å². The van der Waals surface area contributed by atoms with Gasteiger partial charge in [-0.2, -0.15) is 0 Å². The van der Waals surface area contributed by atoms with Gasteiger partial charge in [0, 0.05) is 18.1 Å². The molecule has 2 aromatic rings. The van der Waals surface area contributed by atoms with Crippen molar-refractivity contribution in [2.24, 2.45) is 0 Å². The highest BCUT2D eigenvalue weighted by atomic mass is 16.6. The van der Waals surface area contributed by atoms with Gasteiger partial charge in [-0.3, -0.25) is 14.9 Å². The van der Waals surface area contributed by atoms with Crippen molar-refractivity contribution in [2.45, 2.75) is 6.42 Å². The van der Waals surface area contributed by atoms with E-state index in [4.69, 9.17) is 18.9 Å². The second-order valence-corrected chi connectivity index (χ2v) is 5.52. The van der Waals surface area contributed by atoms with Gasteiger partial charge in [0.05, 0.1) is 31.3 Å². The van der Waals surface area contributed by atoms with E-state index in [2.05, 4.69) is 0 Å². The van der Waals surface area contributed by atoms with Crippen LogP contribution in [0.4, 0.5) is 5.69 Å². The number of nitro benzene ring substituents is 1. The van der Waals surface area contributed by atoms with Gasteiger partial charge >= 0.3 is 0 Å². The second kappa shape index (κ2) is 7.73. The molecular formula is C18H17NO7. The van der Waals surface area contributed by atoms with Crippen LogP contribution in [0.2, 0.25) is 0 Å². The van der Waals surface area contributed by atoms with Crippen LogP contribution in [0.5, 0.6) is 23.0 Å². The predicted octanol–water partition coefficient (Wildman–Crippen LogP) is 3.03. The smallest absolute Gasteiger partial charge is 0.273 e. The van der Waals surface area contributed by atoms with Crippen molar-refractivity contribution in [3.63, 3.8) is 0 Å². The van der Waals surface area contributed by atoms with Crippen LogP contribution >= 0.6 is 0 Å². The number of non-ortho nitro benzene ring substituents is 1. The van der Waals surface area contributed by atoms with Crippen LogP contribution in [0.1, 0.15) is 16.8 Å². The van der Waals surface area contributed by atoms with E-state index in [1.807, 2.05) is 0 Å². The zero-order valence-electron chi connectivity index (χ0n) is 14.1. The summed E-state index contributed by atoms with van der Waals surface area (Å²) in [4.78, 5) is 22.8. The number of ketones is 1. The van der Waals surface area contributed by atoms with Crippen LogP contribution in [0, 0.1) is 10.1 Å². The van der Waals surface area contributed by atoms with Gasteiger partial charge in [0.25, 0.3) is 5.69 Å². The zero-order chi connectivity index (χ0) is 18.5. The fraction of sp³-hybridized carbons (Fsp3) is 0.278. The molecule has 8 nitrogen and oxygen atoms in total. The van der Waals surface area contributed by atoms with E-state index in [1.165, 1.54) is 25.3 Å². The molecule has 2 aromatic carbocycles. The maximum atomic E-state index is 12.4. The largest absolute Gasteiger partial charge is 0.493 e. The molecular weight excluding hydrogens is 342 g/mol. The predicted molar refractivity (Wildman–Crippen MR) is 91.5 cm³/mol. The van der Waals surface area contributed by atoms with E-state index < -0.39 is 4.92 Å². The molecule has 0 saturated carbocycles. The van der Waals surface area contributed by atoms with Crippen LogP contribution in [-0.4, -0.2) is 37.6 Å². The molecule has 136 valence electrons. The lowest BCUT2D eigenvalue weighted by molar-refractivity contribution is -0.385. The molecule has 0 saturated heterocycles. The van der Waals surface area contributed by atoms with E-state index >= 15 is 0 Å². The SMILES string of the molecule is COc1ccc([N+](=O)[O-])cc1OCC(=O)c1ccc2c(c1)OCCCO2. The number of hydrogen-bond donors (Lipinski definition) is 0. The molecule has 0 radical (unpaired) electrons. The van der Waals surface area contributed by atoms with Crippen molar-refractivity contribution < 1.29 is 28.7 Å². The number of fused-ring (bicyclic) bond motifs is 1. The summed E-state index contributed by atoms with van der Waals surface area (Å²) in [5.41, 5.74) is 0.252. The quantitative estimate of drug-likeness (QED) is 0.444. The first-order chi connectivity index (χ1) is 12.6. The Morgan fingerprint density at radius 3 is 2.62 bits per heavy atom. The van der Waals surface area contributed by atoms with Crippen molar-refractivity contribution >= 4 is 11.5 Å². The number of carbonyl (C=O) groups excluding carboxylic acids is 1. The summed E-state index contributed by atoms with van der Waals surface area (Å²) in [6.45, 7) is 0.791. The van der Waals surface area contributed by atoms with Gasteiger partial charge in [-0.25, -0.2) is 0 Å². The summed E-state index contributed by atoms with van der Waals surface area (Å²) in [6, 6.07) is 8.87. The van der Waals surface area contributed by atoms with Crippen molar-refractivity contribution in [1.82, 2.24) is 0 Å². The molecule has 1 heterocycles. The van der Waals surface area contributed by atoms with Crippen LogP contribution in [-0.2, 0) is 0 Å². The molecule has 0 bridgehead atoms. The fourth-order valence-electron chi connectivity index (χ4n) is 2.46. The Kier molecular flexibility index (Phi) is 5.21. The Morgan fingerprint density at radius 1 is 1.12 bits per heavy atom. The number of benzene rings is 2. The van der Waals surface area contributed by atoms with Gasteiger partial charge in [-0.05, 0) is 24.3 Å². The first-order valence-corrected chi connectivity index (χ1v) is 7.96. The summed E-state index contributed by atoms with van der Waals surface area (Å²) in [6.07, 6.45) is 0.771. The van der Waals surface area contributed by atoms with E-state index in [9.17, 15) is 14.9 Å². The molecule has 26 heavy (non-hydrogen) atoms. The Balaban J connectivity index is 1.74. The molecule has 0 fully saturated rings. The van der Waals surface area contributed by atoms with Crippen molar-refractivity contribution in [1.29, 1.82) is 0 Å². The molecule has 0 N–H and O–H groups in total. The molecule has 0 aliphatic carbocycles. The number of Topliss-reactive ketones (excluding diaryl/α,β-unsaturated/α-hetero) is 1. The molecule has 0 atom stereocenters. The Labute approximate surface area is 149 Å². The van der Waals surface area contributed by atoms with Crippen molar-refractivity contribution in [2.75, 3.05) is 26.9 Å². The number of methoxy groups -OCH3 is 1. The highest BCUT2D eigenvalue weighted by Crippen LogP contribution is 2.32. The number of ether oxygens (including phenoxy) is 4. The van der Waals surface area contributed by atoms with Gasteiger partial charge in [0.1, 0.15) is 0 Å². The van der Waals surface area contributed by atoms with Crippen molar-refractivity contribution in [3.05, 3.63) is 52.1 Å². The van der Waals surface area contributed by atoms with Crippen LogP contribution in [0.25, 0.3) is 0 Å². The van der Waals surface area contributed by atoms with Crippen LogP contribution in [0.3, 0.4) is 0 Å². The van der Waals surface area contributed by atoms with Crippen LogP contribution in [0.15, 0.2) is 36.4 Å². The Hall–Kier alpha value is -3.29. The third kappa shape index (κ3) is 3.85. The number of carbonyl (C=O) groups is 1. The lowest BCUT2D eigenvalue weighted by atomic mass is 10.1. The van der Waals surface area contributed by atoms with E-state index in [-0.39, 0.29) is 23.8 Å². The molecule has 3 rings (SSSR count). The summed E-state index contributed by atoms with van der Waals surface area (Å²) in [5, 5.41) is 10.9. The minimum absolute atomic E-state index is 0.129. The Bertz CT molecular complexity index is 834. The second-order valence-electron chi connectivity index (χ2n) is 5.52. The highest BCUT2D eigenvalue weighted by Gasteiger charge is 2.17. The maximum absolute atomic E-state index is 12.4. The minimum Gasteiger partial charge on any atom is -0.493 e. The normalized spacial score (nSPS) is 12.8. The van der Waals surface area contributed by atoms with Gasteiger partial charge in [0.15, 0.2) is 35.4 Å². The number of rotatable bonds is 6. The van der Waals surface area contributed by atoms with E-state index in [1.54, 1.807) is 18.2 Å². The van der Waals surface area contributed by atoms with Crippen molar-refractivity contribution in [3.8, 4) is 23.0 Å². The van der Waals surface area contributed by atoms with E-state index in [0.29, 0.717) is 36.0 Å².